The molecule has 9 heteroatoms. The first-order valence-corrected chi connectivity index (χ1v) is 11.2. The van der Waals surface area contributed by atoms with Crippen molar-refractivity contribution in [3.63, 3.8) is 0 Å². The molecule has 1 heterocycles. The third kappa shape index (κ3) is 5.76. The van der Waals surface area contributed by atoms with Crippen LogP contribution in [0.4, 0.5) is 14.9 Å². The van der Waals surface area contributed by atoms with Crippen LogP contribution < -0.4 is 4.90 Å². The fraction of sp³-hybridized carbons (Fsp3) is 0.609. The maximum atomic E-state index is 14.5. The number of ether oxygens (including phenoxy) is 1. The molecule has 3 rings (SSSR count). The van der Waals surface area contributed by atoms with Gasteiger partial charge in [0, 0.05) is 20.5 Å². The fourth-order valence-corrected chi connectivity index (χ4v) is 4.36. The van der Waals surface area contributed by atoms with Crippen LogP contribution in [0.15, 0.2) is 18.2 Å². The Balaban J connectivity index is 1.65. The summed E-state index contributed by atoms with van der Waals surface area (Å²) in [4.78, 5) is 44.7. The first kappa shape index (κ1) is 24.0. The van der Waals surface area contributed by atoms with E-state index in [0.717, 1.165) is 24.0 Å². The number of benzene rings is 1. The SMILES string of the molecule is CON(C)C(=O)c1ccc(N2C[C@H](CN(CC3CCCCCC3)C(C)=O)OC2=O)cc1F. The van der Waals surface area contributed by atoms with E-state index in [1.807, 2.05) is 0 Å². The quantitative estimate of drug-likeness (QED) is 0.469. The van der Waals surface area contributed by atoms with Gasteiger partial charge in [-0.15, -0.1) is 0 Å². The molecule has 0 unspecified atom stereocenters. The Morgan fingerprint density at radius 2 is 1.88 bits per heavy atom. The molecule has 176 valence electrons. The van der Waals surface area contributed by atoms with E-state index < -0.39 is 23.9 Å². The first-order chi connectivity index (χ1) is 15.3. The Bertz CT molecular complexity index is 841. The van der Waals surface area contributed by atoms with E-state index in [1.54, 1.807) is 4.90 Å². The molecule has 1 aliphatic carbocycles. The summed E-state index contributed by atoms with van der Waals surface area (Å²) in [5.41, 5.74) is 0.137. The van der Waals surface area contributed by atoms with Crippen molar-refractivity contribution in [1.82, 2.24) is 9.96 Å². The van der Waals surface area contributed by atoms with Crippen molar-refractivity contribution in [2.45, 2.75) is 51.6 Å². The number of cyclic esters (lactones) is 1. The normalized spacial score (nSPS) is 19.4. The van der Waals surface area contributed by atoms with Crippen LogP contribution in [0.3, 0.4) is 0 Å². The maximum absolute atomic E-state index is 14.5. The maximum Gasteiger partial charge on any atom is 0.414 e. The zero-order valence-electron chi connectivity index (χ0n) is 19.0. The lowest BCUT2D eigenvalue weighted by Gasteiger charge is -2.27. The highest BCUT2D eigenvalue weighted by Crippen LogP contribution is 2.27. The van der Waals surface area contributed by atoms with Crippen LogP contribution in [0, 0.1) is 11.7 Å². The molecule has 2 aliphatic rings. The molecule has 0 aromatic heterocycles. The number of anilines is 1. The number of nitrogens with zero attached hydrogens (tertiary/aromatic N) is 3. The molecule has 1 saturated carbocycles. The van der Waals surface area contributed by atoms with Crippen LogP contribution in [0.2, 0.25) is 0 Å². The molecular formula is C23H32FN3O5. The number of rotatable bonds is 7. The van der Waals surface area contributed by atoms with Gasteiger partial charge in [0.15, 0.2) is 0 Å². The summed E-state index contributed by atoms with van der Waals surface area (Å²) < 4.78 is 20.0. The van der Waals surface area contributed by atoms with Gasteiger partial charge >= 0.3 is 6.09 Å². The minimum atomic E-state index is -0.758. The summed E-state index contributed by atoms with van der Waals surface area (Å²) >= 11 is 0. The summed E-state index contributed by atoms with van der Waals surface area (Å²) in [5, 5.41) is 0.920. The molecule has 1 saturated heterocycles. The summed E-state index contributed by atoms with van der Waals surface area (Å²) in [6, 6.07) is 3.95. The monoisotopic (exact) mass is 449 g/mol. The lowest BCUT2D eigenvalue weighted by atomic mass is 9.99. The molecule has 8 nitrogen and oxygen atoms in total. The number of halogens is 1. The molecule has 1 aliphatic heterocycles. The smallest absolute Gasteiger partial charge is 0.414 e. The van der Waals surface area contributed by atoms with Gasteiger partial charge in [0.1, 0.15) is 11.9 Å². The predicted octanol–water partition coefficient (Wildman–Crippen LogP) is 3.60. The van der Waals surface area contributed by atoms with Crippen molar-refractivity contribution in [2.24, 2.45) is 5.92 Å². The van der Waals surface area contributed by atoms with E-state index in [1.165, 1.54) is 63.8 Å². The number of hydrogen-bond donors (Lipinski definition) is 0. The molecule has 1 atom stereocenters. The summed E-state index contributed by atoms with van der Waals surface area (Å²) in [6.07, 6.45) is 6.00. The Hall–Kier alpha value is -2.68. The van der Waals surface area contributed by atoms with Gasteiger partial charge in [-0.2, -0.15) is 0 Å². The Labute approximate surface area is 188 Å². The van der Waals surface area contributed by atoms with Crippen LogP contribution >= 0.6 is 0 Å². The second-order valence-electron chi connectivity index (χ2n) is 8.55. The number of carbonyl (C=O) groups is 3. The van der Waals surface area contributed by atoms with Crippen molar-refractivity contribution in [2.75, 3.05) is 38.7 Å². The molecule has 3 amide bonds. The molecule has 0 bridgehead atoms. The molecule has 0 spiro atoms. The van der Waals surface area contributed by atoms with E-state index in [4.69, 9.17) is 9.57 Å². The molecular weight excluding hydrogens is 417 g/mol. The lowest BCUT2D eigenvalue weighted by molar-refractivity contribution is -0.130. The number of carbonyl (C=O) groups excluding carboxylic acids is 3. The highest BCUT2D eigenvalue weighted by Gasteiger charge is 2.35. The second-order valence-corrected chi connectivity index (χ2v) is 8.55. The second kappa shape index (κ2) is 10.8. The molecule has 0 N–H and O–H groups in total. The minimum Gasteiger partial charge on any atom is -0.442 e. The zero-order chi connectivity index (χ0) is 23.3. The zero-order valence-corrected chi connectivity index (χ0v) is 19.0. The van der Waals surface area contributed by atoms with Gasteiger partial charge in [0.05, 0.1) is 31.5 Å². The van der Waals surface area contributed by atoms with E-state index in [0.29, 0.717) is 24.7 Å². The van der Waals surface area contributed by atoms with Crippen LogP contribution in [0.5, 0.6) is 0 Å². The topological polar surface area (TPSA) is 79.4 Å². The Kier molecular flexibility index (Phi) is 8.06. The number of hydroxylamine groups is 2. The van der Waals surface area contributed by atoms with Gasteiger partial charge in [0.25, 0.3) is 5.91 Å². The highest BCUT2D eigenvalue weighted by molar-refractivity contribution is 5.95. The molecule has 2 fully saturated rings. The van der Waals surface area contributed by atoms with Crippen molar-refractivity contribution in [3.05, 3.63) is 29.6 Å². The fourth-order valence-electron chi connectivity index (χ4n) is 4.36. The van der Waals surface area contributed by atoms with Gasteiger partial charge in [-0.05, 0) is 37.0 Å². The first-order valence-electron chi connectivity index (χ1n) is 11.2. The van der Waals surface area contributed by atoms with Gasteiger partial charge in [0.2, 0.25) is 5.91 Å². The van der Waals surface area contributed by atoms with Crippen molar-refractivity contribution < 1.29 is 28.3 Å². The number of amides is 3. The molecule has 0 radical (unpaired) electrons. The van der Waals surface area contributed by atoms with Crippen molar-refractivity contribution >= 4 is 23.6 Å². The van der Waals surface area contributed by atoms with Crippen molar-refractivity contribution in [1.29, 1.82) is 0 Å². The standard InChI is InChI=1S/C23H32FN3O5/c1-16(28)26(13-17-8-6-4-5-7-9-17)14-19-15-27(23(30)32-19)18-10-11-20(21(24)12-18)22(29)25(2)31-3/h10-12,17,19H,4-9,13-15H2,1-3H3/t19-/m0/s1. The summed E-state index contributed by atoms with van der Waals surface area (Å²) in [7, 11) is 2.69. The van der Waals surface area contributed by atoms with Crippen LogP contribution in [-0.4, -0.2) is 67.8 Å². The van der Waals surface area contributed by atoms with Crippen molar-refractivity contribution in [3.8, 4) is 0 Å². The Morgan fingerprint density at radius 1 is 1.19 bits per heavy atom. The predicted molar refractivity (Wildman–Crippen MR) is 117 cm³/mol. The molecule has 1 aromatic carbocycles. The third-order valence-corrected chi connectivity index (χ3v) is 6.25. The van der Waals surface area contributed by atoms with E-state index in [9.17, 15) is 18.8 Å². The summed E-state index contributed by atoms with van der Waals surface area (Å²) in [5.74, 6) is -0.959. The largest absolute Gasteiger partial charge is 0.442 e. The van der Waals surface area contributed by atoms with Crippen LogP contribution in [0.25, 0.3) is 0 Å². The third-order valence-electron chi connectivity index (χ3n) is 6.25. The van der Waals surface area contributed by atoms with Crippen LogP contribution in [0.1, 0.15) is 55.8 Å². The summed E-state index contributed by atoms with van der Waals surface area (Å²) in [6.45, 7) is 2.72. The van der Waals surface area contributed by atoms with Gasteiger partial charge in [-0.3, -0.25) is 19.3 Å². The average Bonchev–Trinajstić information content (AvgIpc) is 2.95. The molecule has 1 aromatic rings. The van der Waals surface area contributed by atoms with Gasteiger partial charge in [-0.1, -0.05) is 25.7 Å². The highest BCUT2D eigenvalue weighted by atomic mass is 19.1. The van der Waals surface area contributed by atoms with Gasteiger partial charge < -0.3 is 9.64 Å². The van der Waals surface area contributed by atoms with E-state index in [-0.39, 0.29) is 18.0 Å². The van der Waals surface area contributed by atoms with E-state index >= 15 is 0 Å². The average molecular weight is 450 g/mol. The minimum absolute atomic E-state index is 0.0417. The number of hydrogen-bond acceptors (Lipinski definition) is 5. The lowest BCUT2D eigenvalue weighted by Crippen LogP contribution is -2.40. The van der Waals surface area contributed by atoms with Crippen LogP contribution in [-0.2, 0) is 14.4 Å². The Morgan fingerprint density at radius 3 is 2.47 bits per heavy atom. The van der Waals surface area contributed by atoms with Gasteiger partial charge in [-0.25, -0.2) is 14.2 Å². The molecule has 32 heavy (non-hydrogen) atoms. The van der Waals surface area contributed by atoms with E-state index in [2.05, 4.69) is 0 Å².